The molecule has 2 rings (SSSR count). The van der Waals surface area contributed by atoms with E-state index in [9.17, 15) is 9.59 Å². The van der Waals surface area contributed by atoms with Crippen LogP contribution in [0.15, 0.2) is 0 Å². The number of piperidine rings is 1. The third-order valence-corrected chi connectivity index (χ3v) is 6.86. The maximum absolute atomic E-state index is 12.9. The lowest BCUT2D eigenvalue weighted by Gasteiger charge is -2.42. The van der Waals surface area contributed by atoms with Crippen LogP contribution < -0.4 is 16.4 Å². The molecule has 0 radical (unpaired) electrons. The van der Waals surface area contributed by atoms with E-state index in [1.807, 2.05) is 6.92 Å². The Bertz CT molecular complexity index is 518. The van der Waals surface area contributed by atoms with Gasteiger partial charge >= 0.3 is 0 Å². The van der Waals surface area contributed by atoms with Gasteiger partial charge in [-0.15, -0.1) is 11.6 Å². The van der Waals surface area contributed by atoms with E-state index in [4.69, 9.17) is 17.3 Å². The van der Waals surface area contributed by atoms with Gasteiger partial charge in [-0.25, -0.2) is 0 Å². The fourth-order valence-corrected chi connectivity index (χ4v) is 5.16. The number of rotatable bonds is 7. The molecule has 0 spiro atoms. The van der Waals surface area contributed by atoms with Gasteiger partial charge in [0.1, 0.15) is 0 Å². The Kier molecular flexibility index (Phi) is 8.38. The van der Waals surface area contributed by atoms with Gasteiger partial charge in [0.05, 0.1) is 5.92 Å². The second-order valence-electron chi connectivity index (χ2n) is 8.70. The number of nitrogens with zero attached hydrogens (tertiary/aromatic N) is 1. The van der Waals surface area contributed by atoms with E-state index < -0.39 is 0 Å². The van der Waals surface area contributed by atoms with Crippen LogP contribution >= 0.6 is 11.6 Å². The summed E-state index contributed by atoms with van der Waals surface area (Å²) < 4.78 is 0. The van der Waals surface area contributed by atoms with Crippen molar-refractivity contribution in [3.8, 4) is 0 Å². The average molecular weight is 401 g/mol. The predicted molar refractivity (Wildman–Crippen MR) is 110 cm³/mol. The summed E-state index contributed by atoms with van der Waals surface area (Å²) in [6.07, 6.45) is 3.48. The number of alkyl halides is 1. The van der Waals surface area contributed by atoms with Gasteiger partial charge < -0.3 is 21.3 Å². The van der Waals surface area contributed by atoms with Crippen molar-refractivity contribution >= 4 is 23.4 Å². The molecule has 27 heavy (non-hydrogen) atoms. The highest BCUT2D eigenvalue weighted by Crippen LogP contribution is 2.36. The quantitative estimate of drug-likeness (QED) is 0.566. The second-order valence-corrected chi connectivity index (χ2v) is 9.32. The van der Waals surface area contributed by atoms with E-state index in [-0.39, 0.29) is 52.9 Å². The molecule has 2 fully saturated rings. The van der Waals surface area contributed by atoms with Gasteiger partial charge in [-0.2, -0.15) is 0 Å². The molecule has 1 aliphatic heterocycles. The molecule has 6 nitrogen and oxygen atoms in total. The average Bonchev–Trinajstić information content (AvgIpc) is 2.60. The molecule has 1 saturated heterocycles. The third kappa shape index (κ3) is 5.81. The summed E-state index contributed by atoms with van der Waals surface area (Å²) in [5, 5.41) is 6.05. The number of nitrogens with one attached hydrogen (secondary N) is 2. The number of hydrogen-bond acceptors (Lipinski definition) is 4. The zero-order valence-corrected chi connectivity index (χ0v) is 18.0. The molecule has 2 amide bonds. The SMILES string of the molecule is CC1CC(C)C(CNC(=O)C2CC(Cl)CC(N(C)CCCN)C2C)C(=O)N1. The highest BCUT2D eigenvalue weighted by atomic mass is 35.5. The maximum atomic E-state index is 12.9. The molecular formula is C20H37ClN4O2. The van der Waals surface area contributed by atoms with Crippen LogP contribution in [0.2, 0.25) is 0 Å². The van der Waals surface area contributed by atoms with E-state index in [0.29, 0.717) is 19.5 Å². The molecule has 0 aromatic heterocycles. The normalized spacial score (nSPS) is 37.1. The molecule has 0 bridgehead atoms. The van der Waals surface area contributed by atoms with Gasteiger partial charge in [0, 0.05) is 29.9 Å². The first-order chi connectivity index (χ1) is 12.7. The smallest absolute Gasteiger partial charge is 0.225 e. The first-order valence-electron chi connectivity index (χ1n) is 10.4. The first-order valence-corrected chi connectivity index (χ1v) is 10.8. The van der Waals surface area contributed by atoms with Crippen molar-refractivity contribution in [3.63, 3.8) is 0 Å². The van der Waals surface area contributed by atoms with E-state index in [1.54, 1.807) is 0 Å². The van der Waals surface area contributed by atoms with Crippen LogP contribution in [0, 0.1) is 23.7 Å². The molecule has 1 heterocycles. The zero-order chi connectivity index (χ0) is 20.1. The molecule has 0 aromatic rings. The highest BCUT2D eigenvalue weighted by molar-refractivity contribution is 6.20. The highest BCUT2D eigenvalue weighted by Gasteiger charge is 2.40. The molecule has 1 aliphatic carbocycles. The van der Waals surface area contributed by atoms with Crippen LogP contribution in [-0.2, 0) is 9.59 Å². The summed E-state index contributed by atoms with van der Waals surface area (Å²) >= 11 is 6.51. The Morgan fingerprint density at radius 1 is 1.30 bits per heavy atom. The lowest BCUT2D eigenvalue weighted by Crippen LogP contribution is -2.53. The predicted octanol–water partition coefficient (Wildman–Crippen LogP) is 1.57. The van der Waals surface area contributed by atoms with Gasteiger partial charge in [-0.05, 0) is 64.6 Å². The van der Waals surface area contributed by atoms with Gasteiger partial charge in [-0.3, -0.25) is 9.59 Å². The van der Waals surface area contributed by atoms with Crippen molar-refractivity contribution in [2.75, 3.05) is 26.7 Å². The number of nitrogens with two attached hydrogens (primary N) is 1. The minimum absolute atomic E-state index is 0.0000268. The Hall–Kier alpha value is -0.850. The number of hydrogen-bond donors (Lipinski definition) is 3. The van der Waals surface area contributed by atoms with Crippen molar-refractivity contribution in [2.45, 2.75) is 63.9 Å². The summed E-state index contributed by atoms with van der Waals surface area (Å²) in [5.74, 6) is 0.303. The molecule has 156 valence electrons. The standard InChI is InChI=1S/C20H37ClN4O2/c1-12-8-13(2)24-20(27)17(12)11-23-19(26)16-9-15(21)10-18(14(16)3)25(4)7-5-6-22/h12-18H,5-11,22H2,1-4H3,(H,23,26)(H,24,27). The Morgan fingerprint density at radius 2 is 2.00 bits per heavy atom. The summed E-state index contributed by atoms with van der Waals surface area (Å²) in [7, 11) is 2.09. The van der Waals surface area contributed by atoms with Crippen molar-refractivity contribution < 1.29 is 9.59 Å². The number of halogens is 1. The first kappa shape index (κ1) is 22.4. The van der Waals surface area contributed by atoms with Crippen molar-refractivity contribution in [3.05, 3.63) is 0 Å². The van der Waals surface area contributed by atoms with E-state index >= 15 is 0 Å². The molecule has 2 aliphatic rings. The number of amides is 2. The Balaban J connectivity index is 1.94. The van der Waals surface area contributed by atoms with Crippen LogP contribution in [0.5, 0.6) is 0 Å². The zero-order valence-electron chi connectivity index (χ0n) is 17.2. The van der Waals surface area contributed by atoms with Crippen LogP contribution in [0.4, 0.5) is 0 Å². The minimum Gasteiger partial charge on any atom is -0.355 e. The van der Waals surface area contributed by atoms with Gasteiger partial charge in [0.2, 0.25) is 11.8 Å². The second kappa shape index (κ2) is 10.1. The van der Waals surface area contributed by atoms with Crippen molar-refractivity contribution in [1.29, 1.82) is 0 Å². The number of carbonyl (C=O) groups is 2. The molecule has 7 unspecified atom stereocenters. The third-order valence-electron chi connectivity index (χ3n) is 6.50. The van der Waals surface area contributed by atoms with Crippen LogP contribution in [0.1, 0.15) is 46.5 Å². The fourth-order valence-electron chi connectivity index (χ4n) is 4.79. The van der Waals surface area contributed by atoms with Gasteiger partial charge in [0.15, 0.2) is 0 Å². The summed E-state index contributed by atoms with van der Waals surface area (Å²) in [6.45, 7) is 8.25. The van der Waals surface area contributed by atoms with Crippen molar-refractivity contribution in [1.82, 2.24) is 15.5 Å². The van der Waals surface area contributed by atoms with E-state index in [0.717, 1.165) is 25.8 Å². The number of carbonyl (C=O) groups excluding carboxylic acids is 2. The van der Waals surface area contributed by atoms with E-state index in [1.165, 1.54) is 0 Å². The molecule has 0 aromatic carbocycles. The molecule has 1 saturated carbocycles. The minimum atomic E-state index is -0.154. The molecule has 7 atom stereocenters. The summed E-state index contributed by atoms with van der Waals surface area (Å²) in [4.78, 5) is 27.5. The largest absolute Gasteiger partial charge is 0.355 e. The van der Waals surface area contributed by atoms with Crippen LogP contribution in [0.25, 0.3) is 0 Å². The summed E-state index contributed by atoms with van der Waals surface area (Å²) in [5.41, 5.74) is 5.64. The van der Waals surface area contributed by atoms with Crippen LogP contribution in [0.3, 0.4) is 0 Å². The Morgan fingerprint density at radius 3 is 2.63 bits per heavy atom. The lowest BCUT2D eigenvalue weighted by molar-refractivity contribution is -0.131. The topological polar surface area (TPSA) is 87.5 Å². The van der Waals surface area contributed by atoms with Crippen molar-refractivity contribution in [2.24, 2.45) is 29.4 Å². The maximum Gasteiger partial charge on any atom is 0.225 e. The fraction of sp³-hybridized carbons (Fsp3) is 0.900. The van der Waals surface area contributed by atoms with Gasteiger partial charge in [0.25, 0.3) is 0 Å². The lowest BCUT2D eigenvalue weighted by atomic mass is 9.75. The molecule has 7 heteroatoms. The molecule has 4 N–H and O–H groups in total. The summed E-state index contributed by atoms with van der Waals surface area (Å²) in [6, 6.07) is 0.487. The van der Waals surface area contributed by atoms with Crippen LogP contribution in [-0.4, -0.2) is 60.9 Å². The Labute approximate surface area is 168 Å². The molecular weight excluding hydrogens is 364 g/mol. The monoisotopic (exact) mass is 400 g/mol. The van der Waals surface area contributed by atoms with Gasteiger partial charge in [-0.1, -0.05) is 13.8 Å². The van der Waals surface area contributed by atoms with E-state index in [2.05, 4.69) is 36.4 Å².